The second kappa shape index (κ2) is 7.88. The molecule has 1 fully saturated rings. The summed E-state index contributed by atoms with van der Waals surface area (Å²) in [5, 5.41) is 9.47. The van der Waals surface area contributed by atoms with Gasteiger partial charge in [0.1, 0.15) is 17.9 Å². The second-order valence-electron chi connectivity index (χ2n) is 10.6. The third kappa shape index (κ3) is 3.61. The van der Waals surface area contributed by atoms with Gasteiger partial charge >= 0.3 is 0 Å². The van der Waals surface area contributed by atoms with Crippen LogP contribution in [-0.2, 0) is 6.54 Å². The van der Waals surface area contributed by atoms with Gasteiger partial charge in [0.15, 0.2) is 5.78 Å². The minimum Gasteiger partial charge on any atom is -0.489 e. The van der Waals surface area contributed by atoms with Crippen molar-refractivity contribution in [3.8, 4) is 11.8 Å². The van der Waals surface area contributed by atoms with Gasteiger partial charge in [-0.05, 0) is 29.8 Å². The number of ether oxygens (including phenoxy) is 1. The van der Waals surface area contributed by atoms with Crippen LogP contribution in [0.1, 0.15) is 73.4 Å². The molecule has 2 aromatic carbocycles. The van der Waals surface area contributed by atoms with Crippen molar-refractivity contribution in [3.05, 3.63) is 63.7 Å². The van der Waals surface area contributed by atoms with Crippen LogP contribution >= 0.6 is 11.6 Å². The monoisotopic (exact) mass is 464 g/mol. The number of ketones is 1. The number of carbonyl (C=O) groups is 2. The molecule has 2 aromatic rings. The molecule has 172 valence electrons. The number of benzene rings is 2. The van der Waals surface area contributed by atoms with Crippen molar-refractivity contribution in [2.75, 3.05) is 0 Å². The van der Waals surface area contributed by atoms with Crippen LogP contribution in [0.3, 0.4) is 0 Å². The Morgan fingerprint density at radius 3 is 2.39 bits per heavy atom. The number of fused-ring (bicyclic) bond motifs is 1. The number of Topliss-reactive ketones (excluding diaryl/α,β-unsaturated/α-hetero) is 1. The summed E-state index contributed by atoms with van der Waals surface area (Å²) in [6.07, 6.45) is -0.159. The van der Waals surface area contributed by atoms with E-state index in [4.69, 9.17) is 21.6 Å². The van der Waals surface area contributed by atoms with E-state index in [0.717, 1.165) is 5.56 Å². The lowest BCUT2D eigenvalue weighted by molar-refractivity contribution is -0.199. The summed E-state index contributed by atoms with van der Waals surface area (Å²) in [5.41, 5.74) is 2.00. The van der Waals surface area contributed by atoms with Crippen molar-refractivity contribution in [2.24, 2.45) is 16.7 Å². The van der Waals surface area contributed by atoms with Gasteiger partial charge in [-0.25, -0.2) is 0 Å². The standard InChI is InChI=1S/C27H29ClN2O3/c1-15(2)22(31)16-8-10-20-18(11-16)14-30(23(20)32)24-26(3,4)25(27(24,5)6)33-19-9-7-17(13-29)21(28)12-19/h7-12,15,24-25H,14H2,1-6H3. The zero-order valence-electron chi connectivity index (χ0n) is 19.9. The molecule has 4 rings (SSSR count). The maximum Gasteiger partial charge on any atom is 0.254 e. The highest BCUT2D eigenvalue weighted by molar-refractivity contribution is 6.31. The van der Waals surface area contributed by atoms with Gasteiger partial charge in [-0.15, -0.1) is 0 Å². The Labute approximate surface area is 200 Å². The summed E-state index contributed by atoms with van der Waals surface area (Å²) in [6, 6.07) is 12.5. The molecule has 1 aliphatic carbocycles. The van der Waals surface area contributed by atoms with Crippen LogP contribution in [0.4, 0.5) is 0 Å². The zero-order valence-corrected chi connectivity index (χ0v) is 20.7. The van der Waals surface area contributed by atoms with Gasteiger partial charge in [-0.3, -0.25) is 9.59 Å². The molecule has 0 radical (unpaired) electrons. The van der Waals surface area contributed by atoms with E-state index < -0.39 is 0 Å². The van der Waals surface area contributed by atoms with Crippen molar-refractivity contribution in [1.82, 2.24) is 4.90 Å². The van der Waals surface area contributed by atoms with E-state index in [-0.39, 0.29) is 40.6 Å². The van der Waals surface area contributed by atoms with E-state index in [1.54, 1.807) is 30.3 Å². The first-order valence-corrected chi connectivity index (χ1v) is 11.6. The van der Waals surface area contributed by atoms with Gasteiger partial charge in [0, 0.05) is 46.5 Å². The van der Waals surface area contributed by atoms with E-state index >= 15 is 0 Å². The van der Waals surface area contributed by atoms with Crippen LogP contribution in [-0.4, -0.2) is 28.7 Å². The van der Waals surface area contributed by atoms with E-state index in [2.05, 4.69) is 33.8 Å². The Morgan fingerprint density at radius 2 is 1.82 bits per heavy atom. The van der Waals surface area contributed by atoms with E-state index in [1.807, 2.05) is 24.8 Å². The quantitative estimate of drug-likeness (QED) is 0.517. The van der Waals surface area contributed by atoms with Gasteiger partial charge in [0.05, 0.1) is 10.6 Å². The van der Waals surface area contributed by atoms with Gasteiger partial charge in [-0.1, -0.05) is 59.2 Å². The highest BCUT2D eigenvalue weighted by atomic mass is 35.5. The van der Waals surface area contributed by atoms with Crippen molar-refractivity contribution in [1.29, 1.82) is 5.26 Å². The Bertz CT molecular complexity index is 1180. The average molecular weight is 465 g/mol. The topological polar surface area (TPSA) is 70.4 Å². The van der Waals surface area contributed by atoms with Crippen LogP contribution in [0, 0.1) is 28.1 Å². The highest BCUT2D eigenvalue weighted by Crippen LogP contribution is 2.59. The number of halogens is 1. The number of carbonyl (C=O) groups excluding carboxylic acids is 2. The molecule has 33 heavy (non-hydrogen) atoms. The lowest BCUT2D eigenvalue weighted by Gasteiger charge is -2.65. The molecule has 1 heterocycles. The first-order chi connectivity index (χ1) is 15.4. The smallest absolute Gasteiger partial charge is 0.254 e. The molecule has 5 nitrogen and oxygen atoms in total. The molecule has 0 bridgehead atoms. The molecule has 0 saturated heterocycles. The van der Waals surface area contributed by atoms with Gasteiger partial charge < -0.3 is 9.64 Å². The van der Waals surface area contributed by atoms with Gasteiger partial charge in [-0.2, -0.15) is 5.26 Å². The molecule has 0 spiro atoms. The van der Waals surface area contributed by atoms with Crippen LogP contribution in [0.2, 0.25) is 5.02 Å². The zero-order chi connectivity index (χ0) is 24.3. The Balaban J connectivity index is 1.58. The van der Waals surface area contributed by atoms with E-state index in [0.29, 0.717) is 34.0 Å². The predicted molar refractivity (Wildman–Crippen MR) is 127 cm³/mol. The lowest BCUT2D eigenvalue weighted by Crippen LogP contribution is -2.74. The number of hydrogen-bond acceptors (Lipinski definition) is 4. The first kappa shape index (κ1) is 23.3. The normalized spacial score (nSPS) is 22.5. The highest BCUT2D eigenvalue weighted by Gasteiger charge is 2.66. The number of amides is 1. The summed E-state index contributed by atoms with van der Waals surface area (Å²) >= 11 is 6.19. The molecule has 1 saturated carbocycles. The third-order valence-electron chi connectivity index (χ3n) is 7.13. The van der Waals surface area contributed by atoms with Crippen LogP contribution in [0.5, 0.6) is 5.75 Å². The fraction of sp³-hybridized carbons (Fsp3) is 0.444. The SMILES string of the molecule is CC(C)C(=O)c1ccc2c(c1)CN(C1C(C)(C)C(Oc3ccc(C#N)c(Cl)c3)C1(C)C)C2=O. The van der Waals surface area contributed by atoms with Crippen molar-refractivity contribution >= 4 is 23.3 Å². The molecule has 1 amide bonds. The lowest BCUT2D eigenvalue weighted by atomic mass is 9.49. The van der Waals surface area contributed by atoms with Gasteiger partial charge in [0.2, 0.25) is 0 Å². The summed E-state index contributed by atoms with van der Waals surface area (Å²) < 4.78 is 6.36. The minimum atomic E-state index is -0.321. The fourth-order valence-electron chi connectivity index (χ4n) is 6.05. The van der Waals surface area contributed by atoms with Crippen LogP contribution in [0.25, 0.3) is 0 Å². The predicted octanol–water partition coefficient (Wildman–Crippen LogP) is 5.89. The molecule has 0 N–H and O–H groups in total. The molecule has 0 aromatic heterocycles. The van der Waals surface area contributed by atoms with E-state index in [9.17, 15) is 9.59 Å². The van der Waals surface area contributed by atoms with Crippen LogP contribution < -0.4 is 4.74 Å². The Kier molecular flexibility index (Phi) is 5.57. The maximum atomic E-state index is 13.4. The Morgan fingerprint density at radius 1 is 1.15 bits per heavy atom. The first-order valence-electron chi connectivity index (χ1n) is 11.2. The number of nitriles is 1. The van der Waals surface area contributed by atoms with Crippen molar-refractivity contribution in [2.45, 2.75) is 60.2 Å². The van der Waals surface area contributed by atoms with Crippen LogP contribution in [0.15, 0.2) is 36.4 Å². The summed E-state index contributed by atoms with van der Waals surface area (Å²) in [4.78, 5) is 27.7. The molecule has 6 heteroatoms. The molecule has 0 atom stereocenters. The number of hydrogen-bond donors (Lipinski definition) is 0. The van der Waals surface area contributed by atoms with E-state index in [1.165, 1.54) is 0 Å². The molecule has 1 aliphatic heterocycles. The molecule has 0 unspecified atom stereocenters. The van der Waals surface area contributed by atoms with Gasteiger partial charge in [0.25, 0.3) is 5.91 Å². The van der Waals surface area contributed by atoms with Crippen molar-refractivity contribution in [3.63, 3.8) is 0 Å². The number of nitrogens with zero attached hydrogens (tertiary/aromatic N) is 2. The third-order valence-corrected chi connectivity index (χ3v) is 7.45. The summed E-state index contributed by atoms with van der Waals surface area (Å²) in [7, 11) is 0. The molecule has 2 aliphatic rings. The number of rotatable bonds is 5. The second-order valence-corrected chi connectivity index (χ2v) is 11.0. The summed E-state index contributed by atoms with van der Waals surface area (Å²) in [6.45, 7) is 12.7. The summed E-state index contributed by atoms with van der Waals surface area (Å²) in [5.74, 6) is 0.605. The molecular weight excluding hydrogens is 436 g/mol. The minimum absolute atomic E-state index is 0.000404. The largest absolute Gasteiger partial charge is 0.489 e. The maximum absolute atomic E-state index is 13.4. The fourth-order valence-corrected chi connectivity index (χ4v) is 6.26. The Hall–Kier alpha value is -2.84. The average Bonchev–Trinajstić information content (AvgIpc) is 3.05. The van der Waals surface area contributed by atoms with Crippen molar-refractivity contribution < 1.29 is 14.3 Å². The molecular formula is C27H29ClN2O3.